The Balaban J connectivity index is 1.98. The molecular weight excluding hydrogens is 431 g/mol. The number of halogens is 2. The number of sulfonamides is 1. The van der Waals surface area contributed by atoms with E-state index in [1.54, 1.807) is 30.5 Å². The van der Waals surface area contributed by atoms with Crippen molar-refractivity contribution in [2.75, 3.05) is 11.4 Å². The van der Waals surface area contributed by atoms with E-state index in [0.29, 0.717) is 24.1 Å². The van der Waals surface area contributed by atoms with Crippen LogP contribution in [0.4, 0.5) is 10.1 Å². The molecule has 30 heavy (non-hydrogen) atoms. The minimum Gasteiger partial charge on any atom is -0.481 e. The zero-order valence-electron chi connectivity index (χ0n) is 16.4. The van der Waals surface area contributed by atoms with Crippen molar-refractivity contribution in [2.24, 2.45) is 4.99 Å². The van der Waals surface area contributed by atoms with Crippen LogP contribution in [-0.4, -0.2) is 32.8 Å². The van der Waals surface area contributed by atoms with Crippen LogP contribution in [0.5, 0.6) is 0 Å². The number of carbonyl (C=O) groups is 1. The van der Waals surface area contributed by atoms with Crippen LogP contribution in [0, 0.1) is 5.82 Å². The zero-order chi connectivity index (χ0) is 21.9. The molecule has 9 heteroatoms. The average Bonchev–Trinajstić information content (AvgIpc) is 2.76. The molecule has 0 fully saturated rings. The predicted octanol–water partition coefficient (Wildman–Crippen LogP) is 4.81. The van der Waals surface area contributed by atoms with Crippen molar-refractivity contribution < 1.29 is 22.7 Å². The Morgan fingerprint density at radius 2 is 1.97 bits per heavy atom. The van der Waals surface area contributed by atoms with Crippen molar-refractivity contribution >= 4 is 39.5 Å². The number of fused-ring (bicyclic) bond motifs is 2. The smallest absolute Gasteiger partial charge is 0.303 e. The van der Waals surface area contributed by atoms with Gasteiger partial charge in [-0.25, -0.2) is 12.8 Å². The van der Waals surface area contributed by atoms with Crippen LogP contribution < -0.4 is 4.31 Å². The highest BCUT2D eigenvalue weighted by Crippen LogP contribution is 2.43. The van der Waals surface area contributed by atoms with Gasteiger partial charge >= 0.3 is 5.97 Å². The average molecular weight is 453 g/mol. The van der Waals surface area contributed by atoms with Gasteiger partial charge in [0.1, 0.15) is 11.9 Å². The van der Waals surface area contributed by atoms with Gasteiger partial charge in [0.15, 0.2) is 0 Å². The summed E-state index contributed by atoms with van der Waals surface area (Å²) in [6, 6.07) is 8.55. The van der Waals surface area contributed by atoms with Crippen molar-refractivity contribution in [2.45, 2.75) is 43.0 Å². The second-order valence-corrected chi connectivity index (χ2v) is 9.41. The fraction of sp³-hybridized carbons (Fsp3) is 0.333. The molecule has 1 unspecified atom stereocenters. The maximum atomic E-state index is 14.3. The number of hydrogen-bond donors (Lipinski definition) is 1. The third kappa shape index (κ3) is 4.49. The van der Waals surface area contributed by atoms with E-state index in [9.17, 15) is 17.6 Å². The predicted molar refractivity (Wildman–Crippen MR) is 114 cm³/mol. The second-order valence-electron chi connectivity index (χ2n) is 7.06. The van der Waals surface area contributed by atoms with Gasteiger partial charge in [-0.3, -0.25) is 14.1 Å². The van der Waals surface area contributed by atoms with Crippen LogP contribution >= 0.6 is 11.6 Å². The normalized spacial score (nSPS) is 17.4. The van der Waals surface area contributed by atoms with E-state index >= 15 is 0 Å². The molecule has 0 saturated carbocycles. The third-order valence-corrected chi connectivity index (χ3v) is 7.15. The Hall–Kier alpha value is -2.45. The molecule has 0 saturated heterocycles. The number of unbranched alkanes of at least 4 members (excludes halogenated alkanes) is 3. The highest BCUT2D eigenvalue weighted by atomic mass is 35.5. The second kappa shape index (κ2) is 9.14. The number of para-hydroxylation sites is 1. The standard InChI is InChI=1S/C21H22ClFN2O4S/c1-25-18-9-6-5-8-14(18)21(24-11-7-3-2-4-10-20(26)27)15-12-17(23)16(22)13-19(15)30(25,28)29/h5-6,8-9,11-13,21H,2-4,7,10H2,1H3,(H,26,27). The van der Waals surface area contributed by atoms with Crippen LogP contribution in [0.3, 0.4) is 0 Å². The van der Waals surface area contributed by atoms with Crippen LogP contribution in [0.25, 0.3) is 0 Å². The summed E-state index contributed by atoms with van der Waals surface area (Å²) in [6.45, 7) is 0. The van der Waals surface area contributed by atoms with Crippen LogP contribution in [0.1, 0.15) is 49.3 Å². The Kier molecular flexibility index (Phi) is 6.77. The lowest BCUT2D eigenvalue weighted by Crippen LogP contribution is -2.26. The lowest BCUT2D eigenvalue weighted by Gasteiger charge is -2.19. The number of carboxylic acid groups (broad SMARTS) is 1. The number of nitrogens with zero attached hydrogens (tertiary/aromatic N) is 2. The molecule has 6 nitrogen and oxygen atoms in total. The minimum atomic E-state index is -3.94. The van der Waals surface area contributed by atoms with E-state index in [1.165, 1.54) is 7.05 Å². The number of carboxylic acids is 1. The third-order valence-electron chi connectivity index (χ3n) is 5.03. The van der Waals surface area contributed by atoms with Gasteiger partial charge in [-0.05, 0) is 43.7 Å². The van der Waals surface area contributed by atoms with E-state index in [0.717, 1.165) is 29.3 Å². The van der Waals surface area contributed by atoms with Gasteiger partial charge in [0.05, 0.1) is 15.6 Å². The first-order valence-corrected chi connectivity index (χ1v) is 11.4. The topological polar surface area (TPSA) is 87.0 Å². The summed E-state index contributed by atoms with van der Waals surface area (Å²) >= 11 is 5.89. The molecule has 0 aromatic heterocycles. The van der Waals surface area contributed by atoms with Crippen molar-refractivity contribution in [3.8, 4) is 0 Å². The molecule has 2 aromatic rings. The van der Waals surface area contributed by atoms with Gasteiger partial charge in [0.2, 0.25) is 0 Å². The first-order valence-electron chi connectivity index (χ1n) is 9.53. The Morgan fingerprint density at radius 1 is 1.23 bits per heavy atom. The summed E-state index contributed by atoms with van der Waals surface area (Å²) in [5.41, 5.74) is 1.34. The minimum absolute atomic E-state index is 0.0730. The molecule has 1 N–H and O–H groups in total. The van der Waals surface area contributed by atoms with E-state index in [2.05, 4.69) is 4.99 Å². The molecule has 2 aromatic carbocycles. The van der Waals surface area contributed by atoms with E-state index in [1.807, 2.05) is 0 Å². The molecule has 3 rings (SSSR count). The number of rotatable bonds is 7. The number of aliphatic carboxylic acids is 1. The fourth-order valence-electron chi connectivity index (χ4n) is 3.46. The number of hydrogen-bond acceptors (Lipinski definition) is 4. The molecule has 0 bridgehead atoms. The Bertz CT molecular complexity index is 1090. The summed E-state index contributed by atoms with van der Waals surface area (Å²) in [4.78, 5) is 15.1. The summed E-state index contributed by atoms with van der Waals surface area (Å²) in [7, 11) is -2.49. The molecule has 0 spiro atoms. The fourth-order valence-corrected chi connectivity index (χ4v) is 5.14. The number of benzene rings is 2. The lowest BCUT2D eigenvalue weighted by molar-refractivity contribution is -0.137. The zero-order valence-corrected chi connectivity index (χ0v) is 18.0. The van der Waals surface area contributed by atoms with Gasteiger partial charge in [0.25, 0.3) is 10.0 Å². The largest absolute Gasteiger partial charge is 0.481 e. The maximum absolute atomic E-state index is 14.3. The molecular formula is C21H22ClFN2O4S. The summed E-state index contributed by atoms with van der Waals surface area (Å²) < 4.78 is 41.7. The molecule has 1 heterocycles. The van der Waals surface area contributed by atoms with Gasteiger partial charge in [0, 0.05) is 24.6 Å². The molecule has 160 valence electrons. The maximum Gasteiger partial charge on any atom is 0.303 e. The number of anilines is 1. The summed E-state index contributed by atoms with van der Waals surface area (Å²) in [5.74, 6) is -1.53. The first kappa shape index (κ1) is 22.2. The van der Waals surface area contributed by atoms with Crippen LogP contribution in [0.15, 0.2) is 46.3 Å². The first-order chi connectivity index (χ1) is 14.2. The van der Waals surface area contributed by atoms with Crippen molar-refractivity contribution in [1.82, 2.24) is 0 Å². The van der Waals surface area contributed by atoms with Crippen LogP contribution in [-0.2, 0) is 14.8 Å². The Labute approximate surface area is 180 Å². The van der Waals surface area contributed by atoms with Gasteiger partial charge in [-0.2, -0.15) is 0 Å². The molecule has 1 atom stereocenters. The monoisotopic (exact) mass is 452 g/mol. The molecule has 0 radical (unpaired) electrons. The van der Waals surface area contributed by atoms with Gasteiger partial charge in [-0.1, -0.05) is 36.2 Å². The van der Waals surface area contributed by atoms with Crippen LogP contribution in [0.2, 0.25) is 5.02 Å². The highest BCUT2D eigenvalue weighted by molar-refractivity contribution is 7.92. The molecule has 1 aliphatic heterocycles. The molecule has 1 aliphatic rings. The Morgan fingerprint density at radius 3 is 2.70 bits per heavy atom. The van der Waals surface area contributed by atoms with E-state index in [4.69, 9.17) is 16.7 Å². The van der Waals surface area contributed by atoms with Crippen molar-refractivity contribution in [3.05, 3.63) is 58.4 Å². The lowest BCUT2D eigenvalue weighted by atomic mass is 9.97. The van der Waals surface area contributed by atoms with E-state index < -0.39 is 27.9 Å². The van der Waals surface area contributed by atoms with Gasteiger partial charge < -0.3 is 5.11 Å². The quantitative estimate of drug-likeness (QED) is 0.482. The molecule has 0 amide bonds. The highest BCUT2D eigenvalue weighted by Gasteiger charge is 2.35. The van der Waals surface area contributed by atoms with Crippen molar-refractivity contribution in [3.63, 3.8) is 0 Å². The van der Waals surface area contributed by atoms with Gasteiger partial charge in [-0.15, -0.1) is 0 Å². The van der Waals surface area contributed by atoms with E-state index in [-0.39, 0.29) is 21.9 Å². The summed E-state index contributed by atoms with van der Waals surface area (Å²) in [6.07, 6.45) is 4.52. The van der Waals surface area contributed by atoms with Crippen molar-refractivity contribution in [1.29, 1.82) is 0 Å². The number of aliphatic imine (C=N–C) groups is 1. The summed E-state index contributed by atoms with van der Waals surface area (Å²) in [5, 5.41) is 8.42. The molecule has 0 aliphatic carbocycles. The SMILES string of the molecule is CN1c2ccccc2C(N=CCCCCCC(=O)O)c2cc(F)c(Cl)cc2S1(=O)=O.